The summed E-state index contributed by atoms with van der Waals surface area (Å²) >= 11 is 0. The first kappa shape index (κ1) is 7.61. The van der Waals surface area contributed by atoms with Gasteiger partial charge in [-0.15, -0.1) is 0 Å². The topological polar surface area (TPSA) is 47.0 Å². The molecule has 1 aromatic heterocycles. The summed E-state index contributed by atoms with van der Waals surface area (Å²) in [6.45, 7) is 3.41. The maximum atomic E-state index is 11.3. The number of aromatic amines is 1. The Morgan fingerprint density at radius 3 is 3.08 bits per heavy atom. The fraction of sp³-hybridized carbons (Fsp3) is 0.625. The predicted molar refractivity (Wildman–Crippen MR) is 44.1 cm³/mol. The van der Waals surface area contributed by atoms with E-state index in [9.17, 15) is 4.79 Å². The first-order chi connectivity index (χ1) is 5.72. The van der Waals surface area contributed by atoms with Crippen LogP contribution >= 0.6 is 0 Å². The molecule has 4 nitrogen and oxygen atoms in total. The van der Waals surface area contributed by atoms with Crippen LogP contribution in [-0.4, -0.2) is 22.8 Å². The highest BCUT2D eigenvalue weighted by Gasteiger charge is 2.32. The van der Waals surface area contributed by atoms with Crippen molar-refractivity contribution in [1.29, 1.82) is 0 Å². The largest absolute Gasteiger partial charge is 0.379 e. The van der Waals surface area contributed by atoms with E-state index in [2.05, 4.69) is 4.98 Å². The molecule has 1 fully saturated rings. The fourth-order valence-electron chi connectivity index (χ4n) is 1.59. The second kappa shape index (κ2) is 2.48. The van der Waals surface area contributed by atoms with Crippen molar-refractivity contribution in [3.05, 3.63) is 22.9 Å². The lowest BCUT2D eigenvalue weighted by Crippen LogP contribution is -2.37. The van der Waals surface area contributed by atoms with Crippen LogP contribution < -0.4 is 5.69 Å². The van der Waals surface area contributed by atoms with Crippen LogP contribution in [0.1, 0.15) is 13.3 Å². The zero-order chi connectivity index (χ0) is 8.60. The molecule has 0 aliphatic carbocycles. The smallest absolute Gasteiger partial charge is 0.326 e. The standard InChI is InChI=1S/C8H12N2O2/c1-8(2-5-12-6-8)10-4-3-9-7(10)11/h3-4H,2,5-6H2,1H3,(H,9,11). The van der Waals surface area contributed by atoms with Crippen molar-refractivity contribution >= 4 is 0 Å². The summed E-state index contributed by atoms with van der Waals surface area (Å²) in [4.78, 5) is 13.9. The molecular formula is C8H12N2O2. The molecule has 0 aromatic carbocycles. The number of nitrogens with zero attached hydrogens (tertiary/aromatic N) is 1. The maximum absolute atomic E-state index is 11.3. The van der Waals surface area contributed by atoms with Gasteiger partial charge in [-0.3, -0.25) is 4.57 Å². The van der Waals surface area contributed by atoms with Gasteiger partial charge < -0.3 is 9.72 Å². The van der Waals surface area contributed by atoms with E-state index in [1.807, 2.05) is 6.92 Å². The monoisotopic (exact) mass is 168 g/mol. The molecule has 2 heterocycles. The minimum Gasteiger partial charge on any atom is -0.379 e. The van der Waals surface area contributed by atoms with Crippen LogP contribution in [0.4, 0.5) is 0 Å². The molecule has 1 atom stereocenters. The van der Waals surface area contributed by atoms with Crippen LogP contribution in [0, 0.1) is 0 Å². The third-order valence-electron chi connectivity index (χ3n) is 2.43. The molecule has 0 saturated carbocycles. The number of imidazole rings is 1. The Bertz CT molecular complexity index is 320. The van der Waals surface area contributed by atoms with Crippen LogP contribution in [0.5, 0.6) is 0 Å². The lowest BCUT2D eigenvalue weighted by molar-refractivity contribution is 0.160. The molecule has 1 unspecified atom stereocenters. The first-order valence-electron chi connectivity index (χ1n) is 4.07. The summed E-state index contributed by atoms with van der Waals surface area (Å²) in [6, 6.07) is 0. The number of hydrogen-bond acceptors (Lipinski definition) is 2. The van der Waals surface area contributed by atoms with Gasteiger partial charge in [-0.2, -0.15) is 0 Å². The zero-order valence-electron chi connectivity index (χ0n) is 7.04. The van der Waals surface area contributed by atoms with E-state index in [0.29, 0.717) is 6.61 Å². The van der Waals surface area contributed by atoms with Gasteiger partial charge in [0.2, 0.25) is 0 Å². The SMILES string of the molecule is CC1(n2cc[nH]c2=O)CCOC1. The van der Waals surface area contributed by atoms with Crippen molar-refractivity contribution in [2.45, 2.75) is 18.9 Å². The van der Waals surface area contributed by atoms with E-state index < -0.39 is 0 Å². The van der Waals surface area contributed by atoms with Crippen LogP contribution in [0.3, 0.4) is 0 Å². The molecule has 0 spiro atoms. The summed E-state index contributed by atoms with van der Waals surface area (Å²) < 4.78 is 6.97. The van der Waals surface area contributed by atoms with Gasteiger partial charge in [0.25, 0.3) is 0 Å². The van der Waals surface area contributed by atoms with E-state index in [0.717, 1.165) is 13.0 Å². The highest BCUT2D eigenvalue weighted by Crippen LogP contribution is 2.24. The summed E-state index contributed by atoms with van der Waals surface area (Å²) in [5, 5.41) is 0. The number of ether oxygens (including phenoxy) is 1. The molecule has 1 saturated heterocycles. The quantitative estimate of drug-likeness (QED) is 0.656. The van der Waals surface area contributed by atoms with Crippen LogP contribution in [-0.2, 0) is 10.3 Å². The third-order valence-corrected chi connectivity index (χ3v) is 2.43. The van der Waals surface area contributed by atoms with E-state index in [-0.39, 0.29) is 11.2 Å². The van der Waals surface area contributed by atoms with Gasteiger partial charge in [0.15, 0.2) is 0 Å². The van der Waals surface area contributed by atoms with Crippen LogP contribution in [0.15, 0.2) is 17.2 Å². The van der Waals surface area contributed by atoms with E-state index in [4.69, 9.17) is 4.74 Å². The molecule has 1 aliphatic heterocycles. The second-order valence-electron chi connectivity index (χ2n) is 3.43. The molecule has 1 aromatic rings. The molecule has 0 bridgehead atoms. The molecule has 0 amide bonds. The van der Waals surface area contributed by atoms with Crippen molar-refractivity contribution in [2.75, 3.05) is 13.2 Å². The summed E-state index contributed by atoms with van der Waals surface area (Å²) in [6.07, 6.45) is 4.34. The first-order valence-corrected chi connectivity index (χ1v) is 4.07. The molecule has 4 heteroatoms. The Balaban J connectivity index is 2.41. The Hall–Kier alpha value is -1.03. The number of H-pyrrole nitrogens is 1. The average Bonchev–Trinajstić information content (AvgIpc) is 2.59. The zero-order valence-corrected chi connectivity index (χ0v) is 7.04. The molecule has 12 heavy (non-hydrogen) atoms. The predicted octanol–water partition coefficient (Wildman–Crippen LogP) is 0.312. The van der Waals surface area contributed by atoms with Crippen LogP contribution in [0.2, 0.25) is 0 Å². The van der Waals surface area contributed by atoms with Crippen molar-refractivity contribution in [3.8, 4) is 0 Å². The molecule has 0 radical (unpaired) electrons. The molecule has 1 N–H and O–H groups in total. The highest BCUT2D eigenvalue weighted by molar-refractivity contribution is 4.91. The van der Waals surface area contributed by atoms with E-state index >= 15 is 0 Å². The van der Waals surface area contributed by atoms with Gasteiger partial charge in [-0.25, -0.2) is 4.79 Å². The Morgan fingerprint density at radius 2 is 2.58 bits per heavy atom. The molecular weight excluding hydrogens is 156 g/mol. The van der Waals surface area contributed by atoms with E-state index in [1.54, 1.807) is 17.0 Å². The van der Waals surface area contributed by atoms with Crippen molar-refractivity contribution in [1.82, 2.24) is 9.55 Å². The Kier molecular flexibility index (Phi) is 1.58. The summed E-state index contributed by atoms with van der Waals surface area (Å²) in [5.41, 5.74) is -0.195. The van der Waals surface area contributed by atoms with E-state index in [1.165, 1.54) is 0 Å². The van der Waals surface area contributed by atoms with Gasteiger partial charge in [0, 0.05) is 19.0 Å². The van der Waals surface area contributed by atoms with Gasteiger partial charge >= 0.3 is 5.69 Å². The minimum absolute atomic E-state index is 0.0528. The second-order valence-corrected chi connectivity index (χ2v) is 3.43. The maximum Gasteiger partial charge on any atom is 0.326 e. The van der Waals surface area contributed by atoms with Gasteiger partial charge in [-0.05, 0) is 13.3 Å². The minimum atomic E-state index is -0.142. The third kappa shape index (κ3) is 0.992. The summed E-state index contributed by atoms with van der Waals surface area (Å²) in [5.74, 6) is 0. The number of nitrogens with one attached hydrogen (secondary N) is 1. The van der Waals surface area contributed by atoms with Crippen molar-refractivity contribution < 1.29 is 4.74 Å². The lowest BCUT2D eigenvalue weighted by Gasteiger charge is -2.22. The Morgan fingerprint density at radius 1 is 1.75 bits per heavy atom. The lowest BCUT2D eigenvalue weighted by atomic mass is 10.0. The fourth-order valence-corrected chi connectivity index (χ4v) is 1.59. The van der Waals surface area contributed by atoms with Gasteiger partial charge in [0.05, 0.1) is 12.1 Å². The Labute approximate surface area is 70.2 Å². The molecule has 2 rings (SSSR count). The molecule has 66 valence electrons. The molecule has 1 aliphatic rings. The number of hydrogen-bond donors (Lipinski definition) is 1. The summed E-state index contributed by atoms with van der Waals surface area (Å²) in [7, 11) is 0. The average molecular weight is 168 g/mol. The van der Waals surface area contributed by atoms with Gasteiger partial charge in [-0.1, -0.05) is 0 Å². The van der Waals surface area contributed by atoms with Crippen LogP contribution in [0.25, 0.3) is 0 Å². The van der Waals surface area contributed by atoms with Crippen molar-refractivity contribution in [3.63, 3.8) is 0 Å². The van der Waals surface area contributed by atoms with Crippen molar-refractivity contribution in [2.24, 2.45) is 0 Å². The normalized spacial score (nSPS) is 29.4. The van der Waals surface area contributed by atoms with Gasteiger partial charge in [0.1, 0.15) is 0 Å². The highest BCUT2D eigenvalue weighted by atomic mass is 16.5. The number of rotatable bonds is 1. The number of aromatic nitrogens is 2.